The number of rotatable bonds is 4. The molecule has 1 aromatic heterocycles. The maximum atomic E-state index is 12.4. The van der Waals surface area contributed by atoms with E-state index < -0.39 is 0 Å². The topological polar surface area (TPSA) is 82.5 Å². The third-order valence-corrected chi connectivity index (χ3v) is 6.63. The maximum absolute atomic E-state index is 12.4. The highest BCUT2D eigenvalue weighted by Crippen LogP contribution is 2.29. The standard InChI is InChI=1S/C22H29ClN6O2/c1-16(30)27-12-7-17(8-13-27)28-14-9-18(10-15-28)29-21(6-11-24-29)26-22(31)25-20-5-3-2-4-19(20)23/h2-6,11,17-18H,7-10,12-15H2,1H3,(H2,25,26,31). The second kappa shape index (κ2) is 9.70. The van der Waals surface area contributed by atoms with E-state index in [1.807, 2.05) is 27.8 Å². The van der Waals surface area contributed by atoms with Crippen molar-refractivity contribution in [1.29, 1.82) is 0 Å². The van der Waals surface area contributed by atoms with Crippen LogP contribution in [-0.4, -0.2) is 63.7 Å². The Hall–Kier alpha value is -2.58. The number of carbonyl (C=O) groups is 2. The van der Waals surface area contributed by atoms with Gasteiger partial charge in [-0.2, -0.15) is 5.10 Å². The van der Waals surface area contributed by atoms with Crippen molar-refractivity contribution in [3.8, 4) is 0 Å². The molecule has 2 fully saturated rings. The van der Waals surface area contributed by atoms with Crippen molar-refractivity contribution >= 4 is 35.0 Å². The number of para-hydroxylation sites is 1. The number of urea groups is 1. The number of carbonyl (C=O) groups excluding carboxylic acids is 2. The molecule has 0 saturated carbocycles. The van der Waals surface area contributed by atoms with E-state index in [1.54, 1.807) is 25.3 Å². The van der Waals surface area contributed by atoms with Crippen LogP contribution in [0.2, 0.25) is 5.02 Å². The molecule has 0 unspecified atom stereocenters. The van der Waals surface area contributed by atoms with Crippen molar-refractivity contribution < 1.29 is 9.59 Å². The van der Waals surface area contributed by atoms with Crippen LogP contribution in [0, 0.1) is 0 Å². The molecule has 4 rings (SSSR count). The zero-order chi connectivity index (χ0) is 21.8. The number of hydrogen-bond donors (Lipinski definition) is 2. The molecule has 0 aliphatic carbocycles. The third-order valence-electron chi connectivity index (χ3n) is 6.31. The van der Waals surface area contributed by atoms with Crippen molar-refractivity contribution in [2.24, 2.45) is 0 Å². The normalized spacial score (nSPS) is 18.7. The Balaban J connectivity index is 1.30. The van der Waals surface area contributed by atoms with E-state index >= 15 is 0 Å². The Morgan fingerprint density at radius 3 is 2.32 bits per heavy atom. The Kier molecular flexibility index (Phi) is 6.77. The monoisotopic (exact) mass is 444 g/mol. The van der Waals surface area contributed by atoms with Gasteiger partial charge in [-0.05, 0) is 37.8 Å². The Labute approximate surface area is 187 Å². The van der Waals surface area contributed by atoms with Crippen LogP contribution in [0.5, 0.6) is 0 Å². The lowest BCUT2D eigenvalue weighted by Crippen LogP contribution is -2.48. The lowest BCUT2D eigenvalue weighted by atomic mass is 9.98. The lowest BCUT2D eigenvalue weighted by molar-refractivity contribution is -0.130. The lowest BCUT2D eigenvalue weighted by Gasteiger charge is -2.41. The number of nitrogens with one attached hydrogen (secondary N) is 2. The van der Waals surface area contributed by atoms with Gasteiger partial charge in [0, 0.05) is 45.2 Å². The average Bonchev–Trinajstić information content (AvgIpc) is 3.23. The molecule has 0 spiro atoms. The Morgan fingerprint density at radius 2 is 1.65 bits per heavy atom. The molecule has 0 atom stereocenters. The van der Waals surface area contributed by atoms with Gasteiger partial charge in [-0.25, -0.2) is 9.48 Å². The number of benzene rings is 1. The molecule has 3 amide bonds. The fraction of sp³-hybridized carbons (Fsp3) is 0.500. The molecule has 1 aromatic carbocycles. The van der Waals surface area contributed by atoms with Gasteiger partial charge in [0.05, 0.1) is 22.9 Å². The van der Waals surface area contributed by atoms with Crippen LogP contribution in [0.1, 0.15) is 38.6 Å². The molecule has 31 heavy (non-hydrogen) atoms. The minimum absolute atomic E-state index is 0.175. The number of aromatic nitrogens is 2. The maximum Gasteiger partial charge on any atom is 0.324 e. The van der Waals surface area contributed by atoms with Gasteiger partial charge >= 0.3 is 6.03 Å². The molecule has 9 heteroatoms. The molecule has 8 nitrogen and oxygen atoms in total. The summed E-state index contributed by atoms with van der Waals surface area (Å²) in [6, 6.07) is 9.41. The fourth-order valence-corrected chi connectivity index (χ4v) is 4.76. The zero-order valence-electron chi connectivity index (χ0n) is 17.8. The first-order chi connectivity index (χ1) is 15.0. The van der Waals surface area contributed by atoms with E-state index in [0.717, 1.165) is 51.9 Å². The van der Waals surface area contributed by atoms with Crippen LogP contribution >= 0.6 is 11.6 Å². The van der Waals surface area contributed by atoms with Gasteiger partial charge < -0.3 is 15.1 Å². The van der Waals surface area contributed by atoms with Crippen LogP contribution < -0.4 is 10.6 Å². The number of anilines is 2. The van der Waals surface area contributed by atoms with Crippen molar-refractivity contribution in [2.45, 2.75) is 44.7 Å². The predicted octanol–water partition coefficient (Wildman–Crippen LogP) is 3.83. The molecule has 166 valence electrons. The number of piperidine rings is 2. The largest absolute Gasteiger partial charge is 0.343 e. The van der Waals surface area contributed by atoms with Gasteiger partial charge in [0.2, 0.25) is 5.91 Å². The number of hydrogen-bond acceptors (Lipinski definition) is 4. The van der Waals surface area contributed by atoms with Crippen molar-refractivity contribution in [1.82, 2.24) is 19.6 Å². The highest BCUT2D eigenvalue weighted by Gasteiger charge is 2.30. The van der Waals surface area contributed by atoms with E-state index in [1.165, 1.54) is 0 Å². The molecule has 2 saturated heterocycles. The quantitative estimate of drug-likeness (QED) is 0.750. The average molecular weight is 445 g/mol. The van der Waals surface area contributed by atoms with Crippen LogP contribution in [0.25, 0.3) is 0 Å². The minimum atomic E-state index is -0.343. The van der Waals surface area contributed by atoms with Crippen LogP contribution in [0.4, 0.5) is 16.3 Å². The van der Waals surface area contributed by atoms with Gasteiger partial charge in [0.15, 0.2) is 0 Å². The molecule has 0 bridgehead atoms. The molecule has 0 radical (unpaired) electrons. The summed E-state index contributed by atoms with van der Waals surface area (Å²) >= 11 is 6.12. The summed E-state index contributed by atoms with van der Waals surface area (Å²) in [6.07, 6.45) is 5.77. The number of nitrogens with zero attached hydrogens (tertiary/aromatic N) is 4. The van der Waals surface area contributed by atoms with Gasteiger partial charge in [0.1, 0.15) is 5.82 Å². The second-order valence-corrected chi connectivity index (χ2v) is 8.63. The van der Waals surface area contributed by atoms with Crippen LogP contribution in [-0.2, 0) is 4.79 Å². The smallest absolute Gasteiger partial charge is 0.324 e. The SMILES string of the molecule is CC(=O)N1CCC(N2CCC(n3nccc3NC(=O)Nc3ccccc3Cl)CC2)CC1. The van der Waals surface area contributed by atoms with Crippen LogP contribution in [0.15, 0.2) is 36.5 Å². The molecule has 3 heterocycles. The summed E-state index contributed by atoms with van der Waals surface area (Å²) in [5.41, 5.74) is 0.567. The number of likely N-dealkylation sites (tertiary alicyclic amines) is 2. The molecular weight excluding hydrogens is 416 g/mol. The summed E-state index contributed by atoms with van der Waals surface area (Å²) in [5, 5.41) is 10.6. The molecule has 2 aromatic rings. The van der Waals surface area contributed by atoms with Gasteiger partial charge in [0.25, 0.3) is 0 Å². The van der Waals surface area contributed by atoms with Gasteiger partial charge in [-0.1, -0.05) is 23.7 Å². The summed E-state index contributed by atoms with van der Waals surface area (Å²) in [5.74, 6) is 0.854. The van der Waals surface area contributed by atoms with Crippen LogP contribution in [0.3, 0.4) is 0 Å². The predicted molar refractivity (Wildman–Crippen MR) is 121 cm³/mol. The summed E-state index contributed by atoms with van der Waals surface area (Å²) in [7, 11) is 0. The minimum Gasteiger partial charge on any atom is -0.343 e. The first-order valence-electron chi connectivity index (χ1n) is 10.9. The molecule has 2 aliphatic rings. The van der Waals surface area contributed by atoms with E-state index in [2.05, 4.69) is 20.6 Å². The van der Waals surface area contributed by atoms with E-state index in [0.29, 0.717) is 22.6 Å². The molecular formula is C22H29ClN6O2. The summed E-state index contributed by atoms with van der Waals surface area (Å²) in [6.45, 7) is 5.36. The molecule has 2 N–H and O–H groups in total. The first-order valence-corrected chi connectivity index (χ1v) is 11.2. The fourth-order valence-electron chi connectivity index (χ4n) is 4.58. The van der Waals surface area contributed by atoms with E-state index in [-0.39, 0.29) is 18.0 Å². The van der Waals surface area contributed by atoms with Gasteiger partial charge in [-0.3, -0.25) is 10.1 Å². The first kappa shape index (κ1) is 21.6. The summed E-state index contributed by atoms with van der Waals surface area (Å²) < 4.78 is 1.92. The highest BCUT2D eigenvalue weighted by atomic mass is 35.5. The van der Waals surface area contributed by atoms with E-state index in [4.69, 9.17) is 11.6 Å². The summed E-state index contributed by atoms with van der Waals surface area (Å²) in [4.78, 5) is 28.5. The Bertz CT molecular complexity index is 916. The van der Waals surface area contributed by atoms with E-state index in [9.17, 15) is 9.59 Å². The molecule has 2 aliphatic heterocycles. The third kappa shape index (κ3) is 5.19. The number of halogens is 1. The second-order valence-electron chi connectivity index (χ2n) is 8.22. The number of amides is 3. The Morgan fingerprint density at radius 1 is 0.968 bits per heavy atom. The van der Waals surface area contributed by atoms with Crippen molar-refractivity contribution in [2.75, 3.05) is 36.8 Å². The highest BCUT2D eigenvalue weighted by molar-refractivity contribution is 6.33. The van der Waals surface area contributed by atoms with Gasteiger partial charge in [-0.15, -0.1) is 0 Å². The van der Waals surface area contributed by atoms with Crippen molar-refractivity contribution in [3.63, 3.8) is 0 Å². The van der Waals surface area contributed by atoms with Crippen molar-refractivity contribution in [3.05, 3.63) is 41.6 Å². The zero-order valence-corrected chi connectivity index (χ0v) is 18.5.